The Morgan fingerprint density at radius 1 is 1.29 bits per heavy atom. The van der Waals surface area contributed by atoms with E-state index in [4.69, 9.17) is 10.5 Å². The molecule has 0 aromatic rings. The second-order valence-corrected chi connectivity index (χ2v) is 7.03. The molecule has 0 radical (unpaired) electrons. The molecule has 2 rings (SSSR count). The fourth-order valence-corrected chi connectivity index (χ4v) is 4.04. The minimum atomic E-state index is -0.826. The highest BCUT2D eigenvalue weighted by Gasteiger charge is 2.34. The van der Waals surface area contributed by atoms with Crippen molar-refractivity contribution in [3.63, 3.8) is 0 Å². The van der Waals surface area contributed by atoms with Crippen molar-refractivity contribution in [1.29, 1.82) is 0 Å². The lowest BCUT2D eigenvalue weighted by atomic mass is 9.91. The van der Waals surface area contributed by atoms with Crippen LogP contribution in [-0.2, 0) is 9.53 Å². The first-order chi connectivity index (χ1) is 10.0. The molecule has 1 saturated carbocycles. The Labute approximate surface area is 129 Å². The number of fused-ring (bicyclic) bond motifs is 1. The highest BCUT2D eigenvalue weighted by Crippen LogP contribution is 2.36. The fraction of sp³-hybridized carbons (Fsp3) is 0.941. The van der Waals surface area contributed by atoms with Gasteiger partial charge in [0.15, 0.2) is 0 Å². The maximum atomic E-state index is 11.8. The quantitative estimate of drug-likeness (QED) is 0.580. The molecule has 0 aromatic heterocycles. The number of ether oxygens (including phenoxy) is 1. The van der Waals surface area contributed by atoms with E-state index >= 15 is 0 Å². The lowest BCUT2D eigenvalue weighted by molar-refractivity contribution is -0.149. The van der Waals surface area contributed by atoms with Crippen LogP contribution in [0, 0.1) is 5.92 Å². The monoisotopic (exact) mass is 296 g/mol. The van der Waals surface area contributed by atoms with Crippen LogP contribution < -0.4 is 5.73 Å². The number of nitrogens with zero attached hydrogens (tertiary/aromatic N) is 1. The van der Waals surface area contributed by atoms with Gasteiger partial charge in [0.2, 0.25) is 0 Å². The van der Waals surface area contributed by atoms with Gasteiger partial charge in [0.1, 0.15) is 5.54 Å². The zero-order valence-corrected chi connectivity index (χ0v) is 13.8. The maximum absolute atomic E-state index is 11.8. The number of carbonyl (C=O) groups excluding carboxylic acids is 1. The zero-order chi connectivity index (χ0) is 15.3. The van der Waals surface area contributed by atoms with Gasteiger partial charge < -0.3 is 15.4 Å². The molecule has 1 saturated heterocycles. The molecule has 0 aromatic carbocycles. The second kappa shape index (κ2) is 7.59. The number of esters is 1. The minimum Gasteiger partial charge on any atom is -0.465 e. The number of piperidine rings is 1. The Bertz CT molecular complexity index is 344. The highest BCUT2D eigenvalue weighted by molar-refractivity contribution is 5.79. The highest BCUT2D eigenvalue weighted by atomic mass is 16.5. The average molecular weight is 296 g/mol. The van der Waals surface area contributed by atoms with Gasteiger partial charge in [-0.1, -0.05) is 6.42 Å². The van der Waals surface area contributed by atoms with E-state index in [0.29, 0.717) is 13.0 Å². The number of hydrogen-bond donors (Lipinski definition) is 1. The number of nitrogens with two attached hydrogens (primary N) is 1. The van der Waals surface area contributed by atoms with Crippen molar-refractivity contribution in [2.45, 2.75) is 76.8 Å². The molecule has 1 heterocycles. The van der Waals surface area contributed by atoms with Crippen LogP contribution in [0.3, 0.4) is 0 Å². The second-order valence-electron chi connectivity index (χ2n) is 7.03. The first-order valence-corrected chi connectivity index (χ1v) is 8.74. The van der Waals surface area contributed by atoms with Crippen LogP contribution in [0.2, 0.25) is 0 Å². The third-order valence-electron chi connectivity index (χ3n) is 5.24. The van der Waals surface area contributed by atoms with Gasteiger partial charge in [-0.3, -0.25) is 4.79 Å². The van der Waals surface area contributed by atoms with Gasteiger partial charge >= 0.3 is 5.97 Å². The summed E-state index contributed by atoms with van der Waals surface area (Å²) >= 11 is 0. The van der Waals surface area contributed by atoms with E-state index in [1.165, 1.54) is 45.2 Å². The summed E-state index contributed by atoms with van der Waals surface area (Å²) in [6, 6.07) is 0.841. The summed E-state index contributed by atoms with van der Waals surface area (Å²) in [4.78, 5) is 14.4. The van der Waals surface area contributed by atoms with Gasteiger partial charge in [0, 0.05) is 6.04 Å². The molecule has 3 unspecified atom stereocenters. The van der Waals surface area contributed by atoms with Crippen LogP contribution in [0.1, 0.15) is 65.2 Å². The molecule has 4 nitrogen and oxygen atoms in total. The van der Waals surface area contributed by atoms with Gasteiger partial charge in [-0.2, -0.15) is 0 Å². The fourth-order valence-electron chi connectivity index (χ4n) is 4.04. The molecule has 2 N–H and O–H groups in total. The number of likely N-dealkylation sites (tertiary alicyclic amines) is 1. The number of rotatable bonds is 7. The molecule has 1 aliphatic carbocycles. The van der Waals surface area contributed by atoms with Crippen molar-refractivity contribution in [1.82, 2.24) is 4.90 Å². The normalized spacial score (nSPS) is 28.9. The van der Waals surface area contributed by atoms with E-state index in [1.807, 2.05) is 6.92 Å². The molecule has 1 aliphatic heterocycles. The SMILES string of the molecule is CCOC(=O)C(C)(N)CCCCN1CCCC2CCCC21. The Morgan fingerprint density at radius 2 is 2.05 bits per heavy atom. The Morgan fingerprint density at radius 3 is 2.81 bits per heavy atom. The van der Waals surface area contributed by atoms with Crippen molar-refractivity contribution < 1.29 is 9.53 Å². The summed E-state index contributed by atoms with van der Waals surface area (Å²) in [5, 5.41) is 0. The number of unbranched alkanes of at least 4 members (excludes halogenated alkanes) is 1. The molecule has 21 heavy (non-hydrogen) atoms. The predicted octanol–water partition coefficient (Wildman–Crippen LogP) is 2.70. The summed E-state index contributed by atoms with van der Waals surface area (Å²) in [7, 11) is 0. The molecule has 0 amide bonds. The molecule has 2 aliphatic rings. The van der Waals surface area contributed by atoms with E-state index in [2.05, 4.69) is 4.90 Å². The molecular weight excluding hydrogens is 264 g/mol. The third kappa shape index (κ3) is 4.43. The topological polar surface area (TPSA) is 55.6 Å². The van der Waals surface area contributed by atoms with E-state index in [1.54, 1.807) is 6.92 Å². The van der Waals surface area contributed by atoms with Crippen molar-refractivity contribution >= 4 is 5.97 Å². The smallest absolute Gasteiger partial charge is 0.325 e. The van der Waals surface area contributed by atoms with Crippen LogP contribution >= 0.6 is 0 Å². The summed E-state index contributed by atoms with van der Waals surface area (Å²) in [6.45, 7) is 6.45. The number of hydrogen-bond acceptors (Lipinski definition) is 4. The molecule has 0 bridgehead atoms. The summed E-state index contributed by atoms with van der Waals surface area (Å²) in [5.74, 6) is 0.692. The largest absolute Gasteiger partial charge is 0.465 e. The third-order valence-corrected chi connectivity index (χ3v) is 5.24. The molecule has 4 heteroatoms. The van der Waals surface area contributed by atoms with Crippen molar-refractivity contribution in [3.05, 3.63) is 0 Å². The van der Waals surface area contributed by atoms with Crippen LogP contribution in [0.25, 0.3) is 0 Å². The van der Waals surface area contributed by atoms with Crippen molar-refractivity contribution in [2.75, 3.05) is 19.7 Å². The summed E-state index contributed by atoms with van der Waals surface area (Å²) in [5.41, 5.74) is 5.24. The lowest BCUT2D eigenvalue weighted by Gasteiger charge is -2.38. The lowest BCUT2D eigenvalue weighted by Crippen LogP contribution is -2.46. The first-order valence-electron chi connectivity index (χ1n) is 8.74. The predicted molar refractivity (Wildman–Crippen MR) is 85.0 cm³/mol. The molecular formula is C17H32N2O2. The van der Waals surface area contributed by atoms with E-state index in [9.17, 15) is 4.79 Å². The van der Waals surface area contributed by atoms with Crippen molar-refractivity contribution in [2.24, 2.45) is 11.7 Å². The molecule has 0 spiro atoms. The Kier molecular flexibility index (Phi) is 6.06. The number of carbonyl (C=O) groups is 1. The van der Waals surface area contributed by atoms with E-state index in [0.717, 1.165) is 24.8 Å². The standard InChI is InChI=1S/C17H32N2O2/c1-3-21-16(20)17(2,18)11-4-5-12-19-13-7-9-14-8-6-10-15(14)19/h14-15H,3-13,18H2,1-2H3. The van der Waals surface area contributed by atoms with Crippen molar-refractivity contribution in [3.8, 4) is 0 Å². The average Bonchev–Trinajstić information content (AvgIpc) is 2.93. The maximum Gasteiger partial charge on any atom is 0.325 e. The zero-order valence-electron chi connectivity index (χ0n) is 13.8. The van der Waals surface area contributed by atoms with Gasteiger partial charge in [-0.25, -0.2) is 0 Å². The Balaban J connectivity index is 1.68. The van der Waals surface area contributed by atoms with E-state index in [-0.39, 0.29) is 5.97 Å². The van der Waals surface area contributed by atoms with Gasteiger partial charge in [0.25, 0.3) is 0 Å². The van der Waals surface area contributed by atoms with E-state index < -0.39 is 5.54 Å². The summed E-state index contributed by atoms with van der Waals surface area (Å²) < 4.78 is 5.04. The van der Waals surface area contributed by atoms with Crippen LogP contribution in [0.15, 0.2) is 0 Å². The van der Waals surface area contributed by atoms with Crippen LogP contribution in [0.4, 0.5) is 0 Å². The molecule has 3 atom stereocenters. The van der Waals surface area contributed by atoms with Gasteiger partial charge in [-0.15, -0.1) is 0 Å². The first kappa shape index (κ1) is 16.8. The summed E-state index contributed by atoms with van der Waals surface area (Å²) in [6.07, 6.45) is 9.88. The van der Waals surface area contributed by atoms with Gasteiger partial charge in [-0.05, 0) is 77.8 Å². The van der Waals surface area contributed by atoms with Crippen LogP contribution in [-0.4, -0.2) is 42.1 Å². The van der Waals surface area contributed by atoms with Gasteiger partial charge in [0.05, 0.1) is 6.61 Å². The molecule has 122 valence electrons. The van der Waals surface area contributed by atoms with Crippen LogP contribution in [0.5, 0.6) is 0 Å². The minimum absolute atomic E-state index is 0.265. The molecule has 2 fully saturated rings. The Hall–Kier alpha value is -0.610.